The van der Waals surface area contributed by atoms with Crippen LogP contribution in [0.2, 0.25) is 0 Å². The average molecular weight is 406 g/mol. The fraction of sp³-hybridized carbons (Fsp3) is 0.316. The van der Waals surface area contributed by atoms with Crippen LogP contribution in [-0.2, 0) is 12.7 Å². The van der Waals surface area contributed by atoms with Crippen LogP contribution in [0.4, 0.5) is 13.2 Å². The molecule has 0 aliphatic heterocycles. The maximum Gasteiger partial charge on any atom is 0.416 e. The standard InChI is InChI=1S/C19H17F3N4O3/c20-19(21,22)13-4-1-3-12(11-13)16-24-25(18(28)26(16)14-6-7-14)9-8-23-17(27)15-5-2-10-29-15/h1-5,10-11,14H,6-9H2,(H,23,27). The number of rotatable bonds is 6. The molecule has 0 bridgehead atoms. The van der Waals surface area contributed by atoms with Crippen molar-refractivity contribution in [2.75, 3.05) is 6.54 Å². The first-order valence-corrected chi connectivity index (χ1v) is 9.03. The van der Waals surface area contributed by atoms with E-state index in [2.05, 4.69) is 10.4 Å². The molecule has 1 N–H and O–H groups in total. The summed E-state index contributed by atoms with van der Waals surface area (Å²) in [7, 11) is 0. The van der Waals surface area contributed by atoms with Crippen LogP contribution in [0.1, 0.15) is 35.0 Å². The molecule has 10 heteroatoms. The summed E-state index contributed by atoms with van der Waals surface area (Å²) in [6.07, 6.45) is -1.57. The lowest BCUT2D eigenvalue weighted by Crippen LogP contribution is -2.32. The molecule has 1 amide bonds. The Labute approximate surface area is 162 Å². The quantitative estimate of drug-likeness (QED) is 0.682. The van der Waals surface area contributed by atoms with Crippen molar-refractivity contribution in [3.05, 3.63) is 64.5 Å². The van der Waals surface area contributed by atoms with Gasteiger partial charge in [-0.2, -0.15) is 13.2 Å². The topological polar surface area (TPSA) is 82.1 Å². The zero-order valence-corrected chi connectivity index (χ0v) is 15.1. The predicted molar refractivity (Wildman–Crippen MR) is 96.2 cm³/mol. The van der Waals surface area contributed by atoms with Gasteiger partial charge in [0.15, 0.2) is 11.6 Å². The van der Waals surface area contributed by atoms with Crippen LogP contribution in [0.25, 0.3) is 11.4 Å². The van der Waals surface area contributed by atoms with Crippen LogP contribution in [0, 0.1) is 0 Å². The summed E-state index contributed by atoms with van der Waals surface area (Å²) in [6.45, 7) is 0.195. The van der Waals surface area contributed by atoms with Crippen molar-refractivity contribution in [1.29, 1.82) is 0 Å². The zero-order valence-electron chi connectivity index (χ0n) is 15.1. The lowest BCUT2D eigenvalue weighted by Gasteiger charge is -2.09. The van der Waals surface area contributed by atoms with Crippen molar-refractivity contribution in [3.8, 4) is 11.4 Å². The largest absolute Gasteiger partial charge is 0.459 e. The highest BCUT2D eigenvalue weighted by molar-refractivity contribution is 5.91. The number of benzene rings is 1. The third kappa shape index (κ3) is 3.96. The fourth-order valence-electron chi connectivity index (χ4n) is 3.03. The first kappa shape index (κ1) is 19.0. The molecule has 3 aromatic rings. The van der Waals surface area contributed by atoms with E-state index in [-0.39, 0.29) is 36.3 Å². The lowest BCUT2D eigenvalue weighted by atomic mass is 10.1. The molecule has 29 heavy (non-hydrogen) atoms. The monoisotopic (exact) mass is 406 g/mol. The molecule has 0 unspecified atom stereocenters. The summed E-state index contributed by atoms with van der Waals surface area (Å²) < 4.78 is 46.8. The Balaban J connectivity index is 1.58. The van der Waals surface area contributed by atoms with E-state index >= 15 is 0 Å². The number of nitrogens with one attached hydrogen (secondary N) is 1. The van der Waals surface area contributed by atoms with E-state index in [0.717, 1.165) is 29.7 Å². The van der Waals surface area contributed by atoms with Crippen LogP contribution in [0.5, 0.6) is 0 Å². The number of hydrogen-bond donors (Lipinski definition) is 1. The predicted octanol–water partition coefficient (Wildman–Crippen LogP) is 3.09. The minimum absolute atomic E-state index is 0.0708. The number of amides is 1. The Kier molecular flexibility index (Phi) is 4.77. The number of furan rings is 1. The molecule has 0 spiro atoms. The number of hydrogen-bond acceptors (Lipinski definition) is 4. The van der Waals surface area contributed by atoms with Gasteiger partial charge in [0, 0.05) is 18.2 Å². The molecule has 1 aliphatic carbocycles. The number of alkyl halides is 3. The molecule has 0 saturated heterocycles. The second-order valence-corrected chi connectivity index (χ2v) is 6.74. The Morgan fingerprint density at radius 1 is 1.24 bits per heavy atom. The zero-order chi connectivity index (χ0) is 20.6. The van der Waals surface area contributed by atoms with Gasteiger partial charge in [0.25, 0.3) is 5.91 Å². The van der Waals surface area contributed by atoms with E-state index in [1.807, 2.05) is 0 Å². The van der Waals surface area contributed by atoms with Gasteiger partial charge in [-0.15, -0.1) is 5.10 Å². The van der Waals surface area contributed by atoms with Crippen LogP contribution >= 0.6 is 0 Å². The van der Waals surface area contributed by atoms with Crippen LogP contribution in [0.15, 0.2) is 51.9 Å². The van der Waals surface area contributed by atoms with Crippen molar-refractivity contribution in [3.63, 3.8) is 0 Å². The molecular formula is C19H17F3N4O3. The second-order valence-electron chi connectivity index (χ2n) is 6.74. The number of aromatic nitrogens is 3. The second kappa shape index (κ2) is 7.26. The highest BCUT2D eigenvalue weighted by Crippen LogP contribution is 2.37. The fourth-order valence-corrected chi connectivity index (χ4v) is 3.03. The van der Waals surface area contributed by atoms with Crippen molar-refractivity contribution < 1.29 is 22.4 Å². The molecular weight excluding hydrogens is 389 g/mol. The Morgan fingerprint density at radius 2 is 2.03 bits per heavy atom. The maximum absolute atomic E-state index is 13.1. The molecule has 4 rings (SSSR count). The van der Waals surface area contributed by atoms with Gasteiger partial charge < -0.3 is 9.73 Å². The van der Waals surface area contributed by atoms with E-state index in [4.69, 9.17) is 4.42 Å². The SMILES string of the molecule is O=C(NCCn1nc(-c2cccc(C(F)(F)F)c2)n(C2CC2)c1=O)c1ccco1. The Hall–Kier alpha value is -3.30. The van der Waals surface area contributed by atoms with Crippen molar-refractivity contribution >= 4 is 5.91 Å². The summed E-state index contributed by atoms with van der Waals surface area (Å²) in [5.74, 6) is -0.0887. The Bertz CT molecular complexity index is 1080. The highest BCUT2D eigenvalue weighted by Gasteiger charge is 2.33. The Morgan fingerprint density at radius 3 is 2.69 bits per heavy atom. The first-order chi connectivity index (χ1) is 13.8. The van der Waals surface area contributed by atoms with Gasteiger partial charge in [0.05, 0.1) is 18.4 Å². The van der Waals surface area contributed by atoms with Crippen LogP contribution < -0.4 is 11.0 Å². The van der Waals surface area contributed by atoms with E-state index in [0.29, 0.717) is 0 Å². The van der Waals surface area contributed by atoms with E-state index in [1.165, 1.54) is 29.0 Å². The first-order valence-electron chi connectivity index (χ1n) is 9.03. The summed E-state index contributed by atoms with van der Waals surface area (Å²) in [5, 5.41) is 6.86. The van der Waals surface area contributed by atoms with Gasteiger partial charge in [-0.05, 0) is 37.1 Å². The smallest absolute Gasteiger partial charge is 0.416 e. The maximum atomic E-state index is 13.1. The molecule has 0 atom stereocenters. The number of carbonyl (C=O) groups excluding carboxylic acids is 1. The van der Waals surface area contributed by atoms with E-state index in [9.17, 15) is 22.8 Å². The van der Waals surface area contributed by atoms with E-state index in [1.54, 1.807) is 6.07 Å². The minimum atomic E-state index is -4.49. The summed E-state index contributed by atoms with van der Waals surface area (Å²) in [6, 6.07) is 7.78. The third-order valence-electron chi connectivity index (χ3n) is 4.58. The molecule has 2 heterocycles. The highest BCUT2D eigenvalue weighted by atomic mass is 19.4. The molecule has 152 valence electrons. The van der Waals surface area contributed by atoms with Gasteiger partial charge in [-0.1, -0.05) is 12.1 Å². The summed E-state index contributed by atoms with van der Waals surface area (Å²) in [4.78, 5) is 24.6. The van der Waals surface area contributed by atoms with Crippen LogP contribution in [-0.4, -0.2) is 26.8 Å². The third-order valence-corrected chi connectivity index (χ3v) is 4.58. The molecule has 2 aromatic heterocycles. The van der Waals surface area contributed by atoms with Crippen molar-refractivity contribution in [1.82, 2.24) is 19.7 Å². The molecule has 0 radical (unpaired) electrons. The summed E-state index contributed by atoms with van der Waals surface area (Å²) in [5.41, 5.74) is -0.987. The molecule has 1 aliphatic rings. The van der Waals surface area contributed by atoms with Gasteiger partial charge in [0.2, 0.25) is 0 Å². The number of carbonyl (C=O) groups is 1. The number of nitrogens with zero attached hydrogens (tertiary/aromatic N) is 3. The van der Waals surface area contributed by atoms with Gasteiger partial charge in [0.1, 0.15) is 0 Å². The number of halogens is 3. The van der Waals surface area contributed by atoms with Crippen LogP contribution in [0.3, 0.4) is 0 Å². The van der Waals surface area contributed by atoms with Gasteiger partial charge in [-0.3, -0.25) is 9.36 Å². The summed E-state index contributed by atoms with van der Waals surface area (Å²) >= 11 is 0. The van der Waals surface area contributed by atoms with Gasteiger partial charge in [-0.25, -0.2) is 9.48 Å². The molecule has 1 saturated carbocycles. The molecule has 1 fully saturated rings. The molecule has 1 aromatic carbocycles. The minimum Gasteiger partial charge on any atom is -0.459 e. The van der Waals surface area contributed by atoms with Crippen molar-refractivity contribution in [2.45, 2.75) is 31.6 Å². The van der Waals surface area contributed by atoms with E-state index < -0.39 is 23.3 Å². The van der Waals surface area contributed by atoms with Crippen molar-refractivity contribution in [2.24, 2.45) is 0 Å². The van der Waals surface area contributed by atoms with Gasteiger partial charge >= 0.3 is 11.9 Å². The lowest BCUT2D eigenvalue weighted by molar-refractivity contribution is -0.137. The normalized spacial score (nSPS) is 14.2. The molecule has 7 nitrogen and oxygen atoms in total. The average Bonchev–Trinajstić information content (AvgIpc) is 3.25.